The van der Waals surface area contributed by atoms with Gasteiger partial charge in [0.25, 0.3) is 6.43 Å². The minimum Gasteiger partial charge on any atom is -0.485 e. The van der Waals surface area contributed by atoms with Gasteiger partial charge in [-0.1, -0.05) is 30.0 Å². The average molecular weight is 378 g/mol. The Kier molecular flexibility index (Phi) is 5.67. The number of nitrogens with zero attached hydrogens (tertiary/aromatic N) is 4. The van der Waals surface area contributed by atoms with Crippen LogP contribution < -0.4 is 4.74 Å². The Hall–Kier alpha value is -2.68. The monoisotopic (exact) mass is 378 g/mol. The summed E-state index contributed by atoms with van der Waals surface area (Å²) < 4.78 is 38.2. The van der Waals surface area contributed by atoms with Crippen LogP contribution in [-0.2, 0) is 6.61 Å². The van der Waals surface area contributed by atoms with E-state index in [4.69, 9.17) is 9.15 Å². The maximum Gasteiger partial charge on any atom is 0.299 e. The quantitative estimate of drug-likeness (QED) is 0.453. The Morgan fingerprint density at radius 1 is 1.27 bits per heavy atom. The van der Waals surface area contributed by atoms with E-state index in [1.165, 1.54) is 18.0 Å². The second kappa shape index (κ2) is 8.13. The first-order valence-electron chi connectivity index (χ1n) is 7.67. The van der Waals surface area contributed by atoms with Gasteiger partial charge in [-0.2, -0.15) is 9.78 Å². The molecule has 26 heavy (non-hydrogen) atoms. The first kappa shape index (κ1) is 18.1. The maximum absolute atomic E-state index is 13.0. The largest absolute Gasteiger partial charge is 0.485 e. The van der Waals surface area contributed by atoms with Gasteiger partial charge in [0.1, 0.15) is 23.9 Å². The molecule has 2 aromatic heterocycles. The van der Waals surface area contributed by atoms with Gasteiger partial charge in [-0.15, -0.1) is 10.2 Å². The first-order valence-corrected chi connectivity index (χ1v) is 8.90. The van der Waals surface area contributed by atoms with Crippen LogP contribution in [0.5, 0.6) is 5.75 Å². The molecule has 0 unspecified atom stereocenters. The van der Waals surface area contributed by atoms with Gasteiger partial charge in [-0.25, -0.2) is 8.78 Å². The highest BCUT2D eigenvalue weighted by molar-refractivity contribution is 7.98. The van der Waals surface area contributed by atoms with Crippen molar-refractivity contribution in [3.63, 3.8) is 0 Å². The van der Waals surface area contributed by atoms with Crippen LogP contribution in [0.3, 0.4) is 0 Å². The van der Waals surface area contributed by atoms with Crippen LogP contribution >= 0.6 is 11.8 Å². The number of alkyl halides is 2. The SMILES string of the molecule is CSc1nnc(C(F)F)n1N=Cc1ccc(COc2ccccc2C)o1. The summed E-state index contributed by atoms with van der Waals surface area (Å²) in [6.45, 7) is 2.21. The molecule has 0 spiro atoms. The van der Waals surface area contributed by atoms with E-state index in [2.05, 4.69) is 15.3 Å². The molecule has 3 rings (SSSR count). The molecule has 9 heteroatoms. The van der Waals surface area contributed by atoms with Crippen LogP contribution in [0.25, 0.3) is 0 Å². The summed E-state index contributed by atoms with van der Waals surface area (Å²) in [5.41, 5.74) is 1.03. The number of aryl methyl sites for hydroxylation is 1. The molecule has 0 radical (unpaired) electrons. The van der Waals surface area contributed by atoms with Gasteiger partial charge in [-0.05, 0) is 36.9 Å². The van der Waals surface area contributed by atoms with Gasteiger partial charge in [-0.3, -0.25) is 0 Å². The summed E-state index contributed by atoms with van der Waals surface area (Å²) in [5, 5.41) is 11.4. The highest BCUT2D eigenvalue weighted by Crippen LogP contribution is 2.22. The van der Waals surface area contributed by atoms with E-state index in [1.807, 2.05) is 31.2 Å². The van der Waals surface area contributed by atoms with Crippen LogP contribution in [0.2, 0.25) is 0 Å². The normalized spacial score (nSPS) is 11.6. The number of ether oxygens (including phenoxy) is 1. The molecular weight excluding hydrogens is 362 g/mol. The van der Waals surface area contributed by atoms with Crippen molar-refractivity contribution in [3.05, 3.63) is 59.3 Å². The first-order chi connectivity index (χ1) is 12.6. The summed E-state index contributed by atoms with van der Waals surface area (Å²) in [6, 6.07) is 11.1. The van der Waals surface area contributed by atoms with E-state index in [-0.39, 0.29) is 11.8 Å². The van der Waals surface area contributed by atoms with Gasteiger partial charge in [0, 0.05) is 0 Å². The van der Waals surface area contributed by atoms with E-state index in [0.29, 0.717) is 11.5 Å². The predicted octanol–water partition coefficient (Wildman–Crippen LogP) is 4.30. The van der Waals surface area contributed by atoms with Gasteiger partial charge >= 0.3 is 0 Å². The highest BCUT2D eigenvalue weighted by Gasteiger charge is 2.19. The molecule has 0 aliphatic carbocycles. The highest BCUT2D eigenvalue weighted by atomic mass is 32.2. The zero-order valence-corrected chi connectivity index (χ0v) is 14.9. The standard InChI is InChI=1S/C17H16F2N4O2S/c1-11-5-3-4-6-14(11)24-10-13-8-7-12(25-13)9-20-23-16(15(18)19)21-22-17(23)26-2/h3-9,15H,10H2,1-2H3. The van der Waals surface area contributed by atoms with Crippen LogP contribution in [0.15, 0.2) is 51.1 Å². The number of aromatic nitrogens is 3. The number of furan rings is 1. The van der Waals surface area contributed by atoms with Crippen LogP contribution in [0, 0.1) is 6.92 Å². The third-order valence-corrected chi connectivity index (χ3v) is 4.08. The Labute approximate surface area is 152 Å². The molecule has 0 aliphatic heterocycles. The second-order valence-corrected chi connectivity index (χ2v) is 6.03. The lowest BCUT2D eigenvalue weighted by Gasteiger charge is -2.06. The Bertz CT molecular complexity index is 908. The van der Waals surface area contributed by atoms with Gasteiger partial charge in [0.05, 0.1) is 6.21 Å². The van der Waals surface area contributed by atoms with Crippen molar-refractivity contribution in [1.82, 2.24) is 14.9 Å². The molecule has 0 fully saturated rings. The fourth-order valence-corrected chi connectivity index (χ4v) is 2.61. The number of rotatable bonds is 7. The van der Waals surface area contributed by atoms with Crippen LogP contribution in [-0.4, -0.2) is 27.3 Å². The van der Waals surface area contributed by atoms with Crippen molar-refractivity contribution in [1.29, 1.82) is 0 Å². The summed E-state index contributed by atoms with van der Waals surface area (Å²) in [4.78, 5) is 0. The minimum absolute atomic E-state index is 0.254. The molecule has 0 aliphatic rings. The fourth-order valence-electron chi connectivity index (χ4n) is 2.17. The van der Waals surface area contributed by atoms with Gasteiger partial charge < -0.3 is 9.15 Å². The molecule has 0 atom stereocenters. The van der Waals surface area contributed by atoms with Gasteiger partial charge in [0.15, 0.2) is 0 Å². The van der Waals surface area contributed by atoms with E-state index in [1.54, 1.807) is 18.4 Å². The molecule has 0 amide bonds. The summed E-state index contributed by atoms with van der Waals surface area (Å²) >= 11 is 1.17. The molecule has 1 aromatic carbocycles. The summed E-state index contributed by atoms with van der Waals surface area (Å²) in [5.74, 6) is 1.27. The van der Waals surface area contributed by atoms with Crippen molar-refractivity contribution < 1.29 is 17.9 Å². The lowest BCUT2D eigenvalue weighted by molar-refractivity contribution is 0.135. The maximum atomic E-state index is 13.0. The average Bonchev–Trinajstić information content (AvgIpc) is 3.25. The molecule has 0 N–H and O–H groups in total. The van der Waals surface area contributed by atoms with E-state index in [0.717, 1.165) is 16.0 Å². The smallest absolute Gasteiger partial charge is 0.299 e. The lowest BCUT2D eigenvalue weighted by atomic mass is 10.2. The van der Waals surface area contributed by atoms with Crippen molar-refractivity contribution in [3.8, 4) is 5.75 Å². The molecule has 6 nitrogen and oxygen atoms in total. The summed E-state index contributed by atoms with van der Waals surface area (Å²) in [7, 11) is 0. The zero-order valence-electron chi connectivity index (χ0n) is 14.1. The summed E-state index contributed by atoms with van der Waals surface area (Å²) in [6.07, 6.45) is 0.279. The van der Waals surface area contributed by atoms with E-state index >= 15 is 0 Å². The Morgan fingerprint density at radius 2 is 2.08 bits per heavy atom. The second-order valence-electron chi connectivity index (χ2n) is 5.26. The number of benzene rings is 1. The lowest BCUT2D eigenvalue weighted by Crippen LogP contribution is -2.00. The van der Waals surface area contributed by atoms with E-state index < -0.39 is 12.2 Å². The van der Waals surface area contributed by atoms with Crippen molar-refractivity contribution in [2.24, 2.45) is 5.10 Å². The fraction of sp³-hybridized carbons (Fsp3) is 0.235. The molecule has 0 saturated carbocycles. The Morgan fingerprint density at radius 3 is 2.81 bits per heavy atom. The van der Waals surface area contributed by atoms with Crippen molar-refractivity contribution >= 4 is 18.0 Å². The number of halogens is 2. The van der Waals surface area contributed by atoms with Crippen molar-refractivity contribution in [2.45, 2.75) is 25.1 Å². The molecule has 3 aromatic rings. The third kappa shape index (κ3) is 4.10. The van der Waals surface area contributed by atoms with Crippen molar-refractivity contribution in [2.75, 3.05) is 6.26 Å². The molecular formula is C17H16F2N4O2S. The predicted molar refractivity (Wildman–Crippen MR) is 94.0 cm³/mol. The number of hydrogen-bond acceptors (Lipinski definition) is 6. The zero-order chi connectivity index (χ0) is 18.5. The van der Waals surface area contributed by atoms with E-state index in [9.17, 15) is 8.78 Å². The van der Waals surface area contributed by atoms with Crippen LogP contribution in [0.4, 0.5) is 8.78 Å². The Balaban J connectivity index is 1.70. The number of hydrogen-bond donors (Lipinski definition) is 0. The van der Waals surface area contributed by atoms with Crippen LogP contribution in [0.1, 0.15) is 29.3 Å². The third-order valence-electron chi connectivity index (χ3n) is 3.46. The molecule has 2 heterocycles. The number of thioether (sulfide) groups is 1. The number of para-hydroxylation sites is 1. The molecule has 0 saturated heterocycles. The van der Waals surface area contributed by atoms with Gasteiger partial charge in [0.2, 0.25) is 11.0 Å². The topological polar surface area (TPSA) is 65.4 Å². The molecule has 136 valence electrons. The minimum atomic E-state index is -2.77. The molecule has 0 bridgehead atoms.